The Morgan fingerprint density at radius 2 is 2.07 bits per heavy atom. The molecule has 0 saturated carbocycles. The lowest BCUT2D eigenvalue weighted by Crippen LogP contribution is -2.51. The predicted octanol–water partition coefficient (Wildman–Crippen LogP) is -1.57. The molecule has 1 aliphatic heterocycles. The second-order valence-electron chi connectivity index (χ2n) is 3.62. The van der Waals surface area contributed by atoms with Crippen LogP contribution in [0.2, 0.25) is 0 Å². The first-order valence-corrected chi connectivity index (χ1v) is 4.99. The summed E-state index contributed by atoms with van der Waals surface area (Å²) in [4.78, 5) is 25.0. The molecule has 1 fully saturated rings. The molecule has 0 spiro atoms. The van der Waals surface area contributed by atoms with E-state index in [1.54, 1.807) is 11.9 Å². The second-order valence-corrected chi connectivity index (χ2v) is 3.62. The summed E-state index contributed by atoms with van der Waals surface area (Å²) in [6, 6.07) is -0.534. The molecule has 1 saturated heterocycles. The van der Waals surface area contributed by atoms with E-state index in [9.17, 15) is 9.59 Å². The van der Waals surface area contributed by atoms with Crippen LogP contribution in [0.5, 0.6) is 0 Å². The minimum atomic E-state index is -0.838. The first-order valence-electron chi connectivity index (χ1n) is 4.99. The largest absolute Gasteiger partial charge is 0.480 e. The second kappa shape index (κ2) is 5.67. The average molecular weight is 215 g/mol. The van der Waals surface area contributed by atoms with Gasteiger partial charge in [0, 0.05) is 32.7 Å². The van der Waals surface area contributed by atoms with Gasteiger partial charge in [0.25, 0.3) is 0 Å². The molecular formula is C9H17N3O3. The average Bonchev–Trinajstić information content (AvgIpc) is 2.26. The van der Waals surface area contributed by atoms with E-state index < -0.39 is 12.0 Å². The van der Waals surface area contributed by atoms with Crippen LogP contribution in [0.3, 0.4) is 0 Å². The Morgan fingerprint density at radius 3 is 2.47 bits per heavy atom. The number of aliphatic carboxylic acids is 1. The van der Waals surface area contributed by atoms with Crippen molar-refractivity contribution < 1.29 is 14.7 Å². The van der Waals surface area contributed by atoms with Crippen LogP contribution in [-0.4, -0.2) is 73.1 Å². The number of piperazine rings is 1. The van der Waals surface area contributed by atoms with E-state index in [-0.39, 0.29) is 0 Å². The molecule has 1 atom stereocenters. The lowest BCUT2D eigenvalue weighted by Gasteiger charge is -2.33. The number of hydrogen-bond donors (Lipinski definition) is 2. The zero-order chi connectivity index (χ0) is 11.3. The normalized spacial score (nSPS) is 19.9. The summed E-state index contributed by atoms with van der Waals surface area (Å²) >= 11 is 0. The first-order chi connectivity index (χ1) is 7.17. The van der Waals surface area contributed by atoms with Crippen molar-refractivity contribution in [2.45, 2.75) is 6.04 Å². The smallest absolute Gasteiger partial charge is 0.322 e. The zero-order valence-corrected chi connectivity index (χ0v) is 8.85. The molecule has 1 aliphatic rings. The molecule has 6 nitrogen and oxygen atoms in total. The summed E-state index contributed by atoms with van der Waals surface area (Å²) in [7, 11) is 1.64. The summed E-state index contributed by atoms with van der Waals surface area (Å²) in [5, 5.41) is 11.6. The summed E-state index contributed by atoms with van der Waals surface area (Å²) in [6.45, 7) is 3.33. The van der Waals surface area contributed by atoms with Crippen molar-refractivity contribution in [1.82, 2.24) is 15.1 Å². The Balaban J connectivity index is 2.34. The highest BCUT2D eigenvalue weighted by molar-refractivity contribution is 5.73. The molecular weight excluding hydrogens is 198 g/mol. The van der Waals surface area contributed by atoms with Gasteiger partial charge in [0.15, 0.2) is 0 Å². The van der Waals surface area contributed by atoms with E-state index in [4.69, 9.17) is 5.11 Å². The fraction of sp³-hybridized carbons (Fsp3) is 0.778. The SMILES string of the molecule is CNC(CN1CCN(C=O)CC1)C(=O)O. The Hall–Kier alpha value is -1.14. The van der Waals surface area contributed by atoms with Crippen LogP contribution in [0.25, 0.3) is 0 Å². The van der Waals surface area contributed by atoms with Gasteiger partial charge in [0.1, 0.15) is 6.04 Å². The molecule has 1 unspecified atom stereocenters. The van der Waals surface area contributed by atoms with Crippen LogP contribution >= 0.6 is 0 Å². The number of nitrogens with one attached hydrogen (secondary N) is 1. The van der Waals surface area contributed by atoms with Crippen molar-refractivity contribution in [3.63, 3.8) is 0 Å². The number of carbonyl (C=O) groups excluding carboxylic acids is 1. The number of hydrogen-bond acceptors (Lipinski definition) is 4. The third kappa shape index (κ3) is 3.49. The maximum absolute atomic E-state index is 10.8. The number of amides is 1. The maximum Gasteiger partial charge on any atom is 0.322 e. The van der Waals surface area contributed by atoms with E-state index in [0.29, 0.717) is 19.6 Å². The molecule has 86 valence electrons. The standard InChI is InChI=1S/C9H17N3O3/c1-10-8(9(14)15)6-11-2-4-12(7-13)5-3-11/h7-8,10H,2-6H2,1H3,(H,14,15). The Labute approximate surface area is 88.8 Å². The van der Waals surface area contributed by atoms with Crippen molar-refractivity contribution >= 4 is 12.4 Å². The van der Waals surface area contributed by atoms with E-state index >= 15 is 0 Å². The summed E-state index contributed by atoms with van der Waals surface area (Å²) in [5.41, 5.74) is 0. The van der Waals surface area contributed by atoms with Gasteiger partial charge in [-0.15, -0.1) is 0 Å². The van der Waals surface area contributed by atoms with Crippen LogP contribution in [0.1, 0.15) is 0 Å². The molecule has 1 heterocycles. The van der Waals surface area contributed by atoms with E-state index in [2.05, 4.69) is 10.2 Å². The molecule has 1 rings (SSSR count). The number of carbonyl (C=O) groups is 2. The van der Waals surface area contributed by atoms with Crippen LogP contribution in [0, 0.1) is 0 Å². The molecule has 0 radical (unpaired) electrons. The monoisotopic (exact) mass is 215 g/mol. The predicted molar refractivity (Wildman–Crippen MR) is 54.6 cm³/mol. The third-order valence-electron chi connectivity index (χ3n) is 2.64. The van der Waals surface area contributed by atoms with Gasteiger partial charge in [-0.2, -0.15) is 0 Å². The molecule has 6 heteroatoms. The van der Waals surface area contributed by atoms with Crippen LogP contribution in [-0.2, 0) is 9.59 Å². The van der Waals surface area contributed by atoms with Gasteiger partial charge in [-0.05, 0) is 7.05 Å². The van der Waals surface area contributed by atoms with Crippen LogP contribution in [0.15, 0.2) is 0 Å². The number of rotatable bonds is 5. The number of carboxylic acid groups (broad SMARTS) is 1. The molecule has 0 aromatic heterocycles. The lowest BCUT2D eigenvalue weighted by molar-refractivity contribution is -0.140. The molecule has 0 aromatic carbocycles. The number of likely N-dealkylation sites (N-methyl/N-ethyl adjacent to an activating group) is 1. The zero-order valence-electron chi connectivity index (χ0n) is 8.85. The van der Waals surface area contributed by atoms with Gasteiger partial charge >= 0.3 is 5.97 Å². The number of carboxylic acids is 1. The highest BCUT2D eigenvalue weighted by Gasteiger charge is 2.22. The summed E-state index contributed by atoms with van der Waals surface area (Å²) < 4.78 is 0. The van der Waals surface area contributed by atoms with Crippen molar-refractivity contribution in [3.8, 4) is 0 Å². The quantitative estimate of drug-likeness (QED) is 0.542. The van der Waals surface area contributed by atoms with Crippen molar-refractivity contribution in [2.75, 3.05) is 39.8 Å². The van der Waals surface area contributed by atoms with Gasteiger partial charge in [0.2, 0.25) is 6.41 Å². The molecule has 0 aromatic rings. The van der Waals surface area contributed by atoms with E-state index in [1.807, 2.05) is 0 Å². The van der Waals surface area contributed by atoms with E-state index in [1.165, 1.54) is 0 Å². The van der Waals surface area contributed by atoms with Crippen molar-refractivity contribution in [3.05, 3.63) is 0 Å². The minimum absolute atomic E-state index is 0.485. The Kier molecular flexibility index (Phi) is 4.51. The topological polar surface area (TPSA) is 72.9 Å². The minimum Gasteiger partial charge on any atom is -0.480 e. The third-order valence-corrected chi connectivity index (χ3v) is 2.64. The van der Waals surface area contributed by atoms with Crippen molar-refractivity contribution in [2.24, 2.45) is 0 Å². The van der Waals surface area contributed by atoms with Crippen LogP contribution in [0.4, 0.5) is 0 Å². The molecule has 15 heavy (non-hydrogen) atoms. The fourth-order valence-corrected chi connectivity index (χ4v) is 1.60. The maximum atomic E-state index is 10.8. The van der Waals surface area contributed by atoms with Gasteiger partial charge in [-0.1, -0.05) is 0 Å². The molecule has 0 bridgehead atoms. The molecule has 1 amide bonds. The highest BCUT2D eigenvalue weighted by atomic mass is 16.4. The van der Waals surface area contributed by atoms with Gasteiger partial charge in [-0.25, -0.2) is 0 Å². The highest BCUT2D eigenvalue weighted by Crippen LogP contribution is 2.00. The van der Waals surface area contributed by atoms with Gasteiger partial charge in [0.05, 0.1) is 0 Å². The van der Waals surface area contributed by atoms with Gasteiger partial charge in [-0.3, -0.25) is 14.5 Å². The van der Waals surface area contributed by atoms with Gasteiger partial charge < -0.3 is 15.3 Å². The van der Waals surface area contributed by atoms with Crippen molar-refractivity contribution in [1.29, 1.82) is 0 Å². The Morgan fingerprint density at radius 1 is 1.47 bits per heavy atom. The summed E-state index contributed by atoms with van der Waals surface area (Å²) in [5.74, 6) is -0.838. The van der Waals surface area contributed by atoms with Crippen LogP contribution < -0.4 is 5.32 Å². The fourth-order valence-electron chi connectivity index (χ4n) is 1.60. The first kappa shape index (κ1) is 11.9. The summed E-state index contributed by atoms with van der Waals surface area (Å²) in [6.07, 6.45) is 0.837. The lowest BCUT2D eigenvalue weighted by atomic mass is 10.2. The Bertz CT molecular complexity index is 227. The molecule has 2 N–H and O–H groups in total. The van der Waals surface area contributed by atoms with E-state index in [0.717, 1.165) is 19.5 Å². The number of nitrogens with zero attached hydrogens (tertiary/aromatic N) is 2. The molecule has 0 aliphatic carbocycles.